The van der Waals surface area contributed by atoms with Gasteiger partial charge in [0.25, 0.3) is 0 Å². The Morgan fingerprint density at radius 2 is 2.21 bits per heavy atom. The number of hydrogen-bond acceptors (Lipinski definition) is 1. The third-order valence-electron chi connectivity index (χ3n) is 2.62. The first kappa shape index (κ1) is 9.04. The van der Waals surface area contributed by atoms with Crippen LogP contribution in [-0.2, 0) is 0 Å². The molecule has 14 heavy (non-hydrogen) atoms. The minimum Gasteiger partial charge on any atom is -0.113 e. The van der Waals surface area contributed by atoms with Gasteiger partial charge in [-0.1, -0.05) is 23.8 Å². The van der Waals surface area contributed by atoms with Crippen LogP contribution in [0.2, 0.25) is 0 Å². The Hall–Kier alpha value is -0.220. The fourth-order valence-electron chi connectivity index (χ4n) is 2.04. The standard InChI is InChI=1S/C12H9IS/c1-7-5-8-11(6-7)14-10-4-2-3-9(13)12(8)10/h2-6,11H,1H3. The van der Waals surface area contributed by atoms with Crippen molar-refractivity contribution in [3.63, 3.8) is 0 Å². The van der Waals surface area contributed by atoms with E-state index in [9.17, 15) is 0 Å². The molecule has 0 nitrogen and oxygen atoms in total. The minimum atomic E-state index is 0.584. The average Bonchev–Trinajstić information content (AvgIpc) is 2.60. The molecule has 1 aliphatic carbocycles. The SMILES string of the molecule is CC1=CC2Sc3cccc(I)c3C2=C1. The molecule has 0 amide bonds. The van der Waals surface area contributed by atoms with Crippen LogP contribution in [0.1, 0.15) is 12.5 Å². The number of benzene rings is 1. The fourth-order valence-corrected chi connectivity index (χ4v) is 4.40. The lowest BCUT2D eigenvalue weighted by atomic mass is 10.1. The van der Waals surface area contributed by atoms with E-state index in [0.29, 0.717) is 5.25 Å². The van der Waals surface area contributed by atoms with Crippen LogP contribution in [0, 0.1) is 3.57 Å². The molecule has 1 aromatic rings. The summed E-state index contributed by atoms with van der Waals surface area (Å²) in [6.07, 6.45) is 4.68. The van der Waals surface area contributed by atoms with E-state index in [1.54, 1.807) is 0 Å². The Morgan fingerprint density at radius 1 is 1.36 bits per heavy atom. The molecule has 0 N–H and O–H groups in total. The molecule has 0 saturated heterocycles. The molecule has 1 atom stereocenters. The van der Waals surface area contributed by atoms with Crippen molar-refractivity contribution < 1.29 is 0 Å². The summed E-state index contributed by atoms with van der Waals surface area (Å²) < 4.78 is 1.38. The van der Waals surface area contributed by atoms with Crippen molar-refractivity contribution >= 4 is 39.9 Å². The summed E-state index contributed by atoms with van der Waals surface area (Å²) in [5.74, 6) is 0. The highest BCUT2D eigenvalue weighted by molar-refractivity contribution is 14.1. The number of allylic oxidation sites excluding steroid dienone is 2. The second-order valence-corrected chi connectivity index (χ2v) is 6.01. The van der Waals surface area contributed by atoms with Gasteiger partial charge in [0.1, 0.15) is 0 Å². The van der Waals surface area contributed by atoms with Gasteiger partial charge in [-0.2, -0.15) is 0 Å². The maximum atomic E-state index is 2.43. The summed E-state index contributed by atoms with van der Waals surface area (Å²) in [5, 5.41) is 0.584. The van der Waals surface area contributed by atoms with Gasteiger partial charge in [0.15, 0.2) is 0 Å². The molecule has 0 spiro atoms. The summed E-state index contributed by atoms with van der Waals surface area (Å²) in [6.45, 7) is 2.18. The minimum absolute atomic E-state index is 0.584. The number of fused-ring (bicyclic) bond motifs is 3. The predicted octanol–water partition coefficient (Wildman–Crippen LogP) is 4.11. The van der Waals surface area contributed by atoms with Crippen molar-refractivity contribution in [1.29, 1.82) is 0 Å². The third kappa shape index (κ3) is 1.20. The predicted molar refractivity (Wildman–Crippen MR) is 70.5 cm³/mol. The van der Waals surface area contributed by atoms with E-state index in [1.165, 1.54) is 25.2 Å². The summed E-state index contributed by atoms with van der Waals surface area (Å²) in [6, 6.07) is 6.56. The Bertz CT molecular complexity index is 471. The quantitative estimate of drug-likeness (QED) is 0.650. The van der Waals surface area contributed by atoms with Gasteiger partial charge in [-0.05, 0) is 47.2 Å². The molecular weight excluding hydrogens is 303 g/mol. The van der Waals surface area contributed by atoms with E-state index < -0.39 is 0 Å². The number of hydrogen-bond donors (Lipinski definition) is 0. The van der Waals surface area contributed by atoms with Crippen LogP contribution in [0.4, 0.5) is 0 Å². The normalized spacial score (nSPS) is 22.9. The zero-order valence-corrected chi connectivity index (χ0v) is 10.7. The van der Waals surface area contributed by atoms with Gasteiger partial charge in [0.05, 0.1) is 5.25 Å². The first-order valence-electron chi connectivity index (χ1n) is 4.61. The zero-order chi connectivity index (χ0) is 9.71. The first-order chi connectivity index (χ1) is 6.75. The Morgan fingerprint density at radius 3 is 3.07 bits per heavy atom. The van der Waals surface area contributed by atoms with Crippen molar-refractivity contribution in [2.24, 2.45) is 0 Å². The molecule has 70 valence electrons. The van der Waals surface area contributed by atoms with E-state index in [4.69, 9.17) is 0 Å². The Balaban J connectivity index is 2.22. The molecule has 0 fully saturated rings. The summed E-state index contributed by atoms with van der Waals surface area (Å²) in [5.41, 5.74) is 4.38. The highest BCUT2D eigenvalue weighted by atomic mass is 127. The highest BCUT2D eigenvalue weighted by Crippen LogP contribution is 2.50. The van der Waals surface area contributed by atoms with Gasteiger partial charge in [0.2, 0.25) is 0 Å². The largest absolute Gasteiger partial charge is 0.113 e. The van der Waals surface area contributed by atoms with Crippen molar-refractivity contribution in [3.05, 3.63) is 45.1 Å². The molecule has 1 aromatic carbocycles. The fraction of sp³-hybridized carbons (Fsp3) is 0.167. The van der Waals surface area contributed by atoms with E-state index in [2.05, 4.69) is 59.9 Å². The molecule has 1 aliphatic heterocycles. The van der Waals surface area contributed by atoms with Crippen LogP contribution in [0.5, 0.6) is 0 Å². The Labute approximate surface area is 102 Å². The second kappa shape index (κ2) is 3.14. The van der Waals surface area contributed by atoms with E-state index >= 15 is 0 Å². The van der Waals surface area contributed by atoms with Crippen molar-refractivity contribution in [2.45, 2.75) is 17.1 Å². The number of halogens is 1. The number of rotatable bonds is 0. The maximum absolute atomic E-state index is 2.43. The third-order valence-corrected chi connectivity index (χ3v) is 4.76. The lowest BCUT2D eigenvalue weighted by molar-refractivity contribution is 1.39. The molecule has 1 heterocycles. The van der Waals surface area contributed by atoms with Crippen LogP contribution in [-0.4, -0.2) is 5.25 Å². The van der Waals surface area contributed by atoms with Crippen LogP contribution >= 0.6 is 34.4 Å². The van der Waals surface area contributed by atoms with Crippen molar-refractivity contribution in [1.82, 2.24) is 0 Å². The summed E-state index contributed by atoms with van der Waals surface area (Å²) in [4.78, 5) is 1.44. The molecule has 1 unspecified atom stereocenters. The van der Waals surface area contributed by atoms with Gasteiger partial charge in [-0.15, -0.1) is 11.8 Å². The molecule has 0 saturated carbocycles. The van der Waals surface area contributed by atoms with Crippen molar-refractivity contribution in [3.8, 4) is 0 Å². The topological polar surface area (TPSA) is 0 Å². The highest BCUT2D eigenvalue weighted by Gasteiger charge is 2.30. The van der Waals surface area contributed by atoms with Gasteiger partial charge < -0.3 is 0 Å². The molecular formula is C12H9IS. The van der Waals surface area contributed by atoms with Gasteiger partial charge in [-0.25, -0.2) is 0 Å². The van der Waals surface area contributed by atoms with Crippen molar-refractivity contribution in [2.75, 3.05) is 0 Å². The maximum Gasteiger partial charge on any atom is 0.0537 e. The van der Waals surface area contributed by atoms with E-state index in [-0.39, 0.29) is 0 Å². The van der Waals surface area contributed by atoms with E-state index in [0.717, 1.165) is 0 Å². The smallest absolute Gasteiger partial charge is 0.0537 e. The molecule has 0 bridgehead atoms. The van der Waals surface area contributed by atoms with Gasteiger partial charge in [0, 0.05) is 14.0 Å². The van der Waals surface area contributed by atoms with Crippen LogP contribution in [0.25, 0.3) is 5.57 Å². The van der Waals surface area contributed by atoms with Crippen LogP contribution < -0.4 is 0 Å². The van der Waals surface area contributed by atoms with Crippen LogP contribution in [0.3, 0.4) is 0 Å². The molecule has 0 radical (unpaired) electrons. The monoisotopic (exact) mass is 312 g/mol. The van der Waals surface area contributed by atoms with E-state index in [1.807, 2.05) is 11.8 Å². The van der Waals surface area contributed by atoms with Gasteiger partial charge >= 0.3 is 0 Å². The van der Waals surface area contributed by atoms with Gasteiger partial charge in [-0.3, -0.25) is 0 Å². The molecule has 2 heteroatoms. The molecule has 2 aliphatic rings. The zero-order valence-electron chi connectivity index (χ0n) is 7.75. The molecule has 0 aromatic heterocycles. The Kier molecular flexibility index (Phi) is 2.02. The summed E-state index contributed by atoms with van der Waals surface area (Å²) in [7, 11) is 0. The lowest BCUT2D eigenvalue weighted by Gasteiger charge is -2.02. The first-order valence-corrected chi connectivity index (χ1v) is 6.57. The lowest BCUT2D eigenvalue weighted by Crippen LogP contribution is -1.90. The summed E-state index contributed by atoms with van der Waals surface area (Å²) >= 11 is 4.41. The number of thioether (sulfide) groups is 1. The van der Waals surface area contributed by atoms with Crippen LogP contribution in [0.15, 0.2) is 40.8 Å². The average molecular weight is 312 g/mol. The second-order valence-electron chi connectivity index (χ2n) is 3.66. The molecule has 3 rings (SSSR count).